The number of nitriles is 1. The monoisotopic (exact) mass is 282 g/mol. The van der Waals surface area contributed by atoms with Crippen LogP contribution in [-0.4, -0.2) is 4.98 Å². The van der Waals surface area contributed by atoms with E-state index >= 15 is 0 Å². The highest BCUT2D eigenvalue weighted by atomic mass is 35.5. The molecule has 2 nitrogen and oxygen atoms in total. The topological polar surface area (TPSA) is 36.7 Å². The fraction of sp³-hybridized carbons (Fsp3) is 0.0769. The van der Waals surface area contributed by atoms with Gasteiger partial charge in [0.2, 0.25) is 0 Å². The van der Waals surface area contributed by atoms with Crippen molar-refractivity contribution in [1.29, 1.82) is 5.26 Å². The molecule has 0 spiro atoms. The van der Waals surface area contributed by atoms with E-state index in [4.69, 9.17) is 16.9 Å². The molecule has 0 saturated carbocycles. The van der Waals surface area contributed by atoms with E-state index in [9.17, 15) is 13.2 Å². The van der Waals surface area contributed by atoms with Crippen molar-refractivity contribution in [1.82, 2.24) is 4.98 Å². The highest BCUT2D eigenvalue weighted by Gasteiger charge is 2.31. The summed E-state index contributed by atoms with van der Waals surface area (Å²) in [4.78, 5) is 3.85. The van der Waals surface area contributed by atoms with Crippen molar-refractivity contribution in [2.75, 3.05) is 0 Å². The summed E-state index contributed by atoms with van der Waals surface area (Å²) in [5, 5.41) is 8.53. The lowest BCUT2D eigenvalue weighted by atomic mass is 10.1. The van der Waals surface area contributed by atoms with Crippen molar-refractivity contribution < 1.29 is 13.2 Å². The Hall–Kier alpha value is -2.06. The quantitative estimate of drug-likeness (QED) is 0.732. The zero-order valence-corrected chi connectivity index (χ0v) is 10.1. The lowest BCUT2D eigenvalue weighted by Crippen LogP contribution is -2.05. The molecule has 19 heavy (non-hydrogen) atoms. The normalized spacial score (nSPS) is 11.1. The Kier molecular flexibility index (Phi) is 3.45. The van der Waals surface area contributed by atoms with Gasteiger partial charge in [-0.1, -0.05) is 23.7 Å². The summed E-state index contributed by atoms with van der Waals surface area (Å²) in [6, 6.07) is 9.74. The summed E-state index contributed by atoms with van der Waals surface area (Å²) in [5.41, 5.74) is -0.0401. The maximum Gasteiger partial charge on any atom is 0.416 e. The smallest absolute Gasteiger partial charge is 0.236 e. The van der Waals surface area contributed by atoms with E-state index in [0.717, 1.165) is 12.1 Å². The number of hydrogen-bond donors (Lipinski definition) is 0. The highest BCUT2D eigenvalue weighted by molar-refractivity contribution is 6.29. The Morgan fingerprint density at radius 3 is 2.53 bits per heavy atom. The first kappa shape index (κ1) is 13.4. The minimum absolute atomic E-state index is 0.0805. The van der Waals surface area contributed by atoms with E-state index in [0.29, 0.717) is 11.1 Å². The molecule has 0 aliphatic heterocycles. The summed E-state index contributed by atoms with van der Waals surface area (Å²) >= 11 is 5.60. The number of rotatable bonds is 1. The summed E-state index contributed by atoms with van der Waals surface area (Å²) < 4.78 is 38.0. The van der Waals surface area contributed by atoms with E-state index < -0.39 is 11.7 Å². The molecule has 96 valence electrons. The van der Waals surface area contributed by atoms with Crippen LogP contribution in [0.25, 0.3) is 11.3 Å². The first-order chi connectivity index (χ1) is 8.90. The average molecular weight is 283 g/mol. The standard InChI is InChI=1S/C13H6ClF3N2/c14-12-6-10(13(15,16)17)5-11(19-12)9-3-1-2-8(4-9)7-18/h1-6H. The number of benzene rings is 1. The molecule has 0 saturated heterocycles. The van der Waals surface area contributed by atoms with Crippen molar-refractivity contribution in [3.63, 3.8) is 0 Å². The molecular weight excluding hydrogens is 277 g/mol. The van der Waals surface area contributed by atoms with Crippen LogP contribution in [0.5, 0.6) is 0 Å². The van der Waals surface area contributed by atoms with Gasteiger partial charge < -0.3 is 0 Å². The molecule has 0 aliphatic rings. The van der Waals surface area contributed by atoms with Crippen molar-refractivity contribution in [3.8, 4) is 17.3 Å². The third kappa shape index (κ3) is 3.04. The Morgan fingerprint density at radius 1 is 1.16 bits per heavy atom. The fourth-order valence-electron chi connectivity index (χ4n) is 1.56. The molecule has 1 aromatic carbocycles. The minimum atomic E-state index is -4.49. The Labute approximate surface area is 112 Å². The third-order valence-electron chi connectivity index (χ3n) is 2.41. The molecule has 1 aromatic heterocycles. The predicted octanol–water partition coefficient (Wildman–Crippen LogP) is 4.29. The summed E-state index contributed by atoms with van der Waals surface area (Å²) in [5.74, 6) is 0. The molecular formula is C13H6ClF3N2. The second kappa shape index (κ2) is 4.90. The van der Waals surface area contributed by atoms with Gasteiger partial charge in [0.1, 0.15) is 5.15 Å². The van der Waals surface area contributed by atoms with Crippen molar-refractivity contribution in [3.05, 3.63) is 52.7 Å². The summed E-state index contributed by atoms with van der Waals surface area (Å²) in [6.45, 7) is 0. The third-order valence-corrected chi connectivity index (χ3v) is 2.60. The van der Waals surface area contributed by atoms with Gasteiger partial charge in [0.05, 0.1) is 22.9 Å². The molecule has 6 heteroatoms. The zero-order valence-electron chi connectivity index (χ0n) is 9.37. The van der Waals surface area contributed by atoms with E-state index in [1.165, 1.54) is 6.07 Å². The minimum Gasteiger partial charge on any atom is -0.236 e. The van der Waals surface area contributed by atoms with Crippen LogP contribution in [0.15, 0.2) is 36.4 Å². The van der Waals surface area contributed by atoms with Crippen LogP contribution >= 0.6 is 11.6 Å². The molecule has 0 amide bonds. The van der Waals surface area contributed by atoms with Gasteiger partial charge in [-0.15, -0.1) is 0 Å². The highest BCUT2D eigenvalue weighted by Crippen LogP contribution is 2.33. The maximum absolute atomic E-state index is 12.7. The number of pyridine rings is 1. The number of alkyl halides is 3. The number of nitrogens with zero attached hydrogens (tertiary/aromatic N) is 2. The van der Waals surface area contributed by atoms with Crippen LogP contribution < -0.4 is 0 Å². The molecule has 1 heterocycles. The molecule has 0 atom stereocenters. The Balaban J connectivity index is 2.57. The van der Waals surface area contributed by atoms with E-state index in [1.54, 1.807) is 18.2 Å². The van der Waals surface area contributed by atoms with Gasteiger partial charge in [-0.3, -0.25) is 0 Å². The van der Waals surface area contributed by atoms with E-state index in [-0.39, 0.29) is 10.8 Å². The largest absolute Gasteiger partial charge is 0.416 e. The van der Waals surface area contributed by atoms with Gasteiger partial charge >= 0.3 is 6.18 Å². The average Bonchev–Trinajstić information content (AvgIpc) is 2.37. The lowest BCUT2D eigenvalue weighted by molar-refractivity contribution is -0.137. The van der Waals surface area contributed by atoms with Gasteiger partial charge in [0.15, 0.2) is 0 Å². The van der Waals surface area contributed by atoms with Crippen molar-refractivity contribution >= 4 is 11.6 Å². The maximum atomic E-state index is 12.7. The van der Waals surface area contributed by atoms with Gasteiger partial charge in [0.25, 0.3) is 0 Å². The zero-order chi connectivity index (χ0) is 14.0. The van der Waals surface area contributed by atoms with Gasteiger partial charge in [0, 0.05) is 5.56 Å². The first-order valence-corrected chi connectivity index (χ1v) is 5.53. The number of aromatic nitrogens is 1. The fourth-order valence-corrected chi connectivity index (χ4v) is 1.77. The SMILES string of the molecule is N#Cc1cccc(-c2cc(C(F)(F)F)cc(Cl)n2)c1. The molecule has 0 fully saturated rings. The molecule has 0 N–H and O–H groups in total. The van der Waals surface area contributed by atoms with Crippen LogP contribution in [-0.2, 0) is 6.18 Å². The summed E-state index contributed by atoms with van der Waals surface area (Å²) in [6.07, 6.45) is -4.49. The van der Waals surface area contributed by atoms with Crippen LogP contribution in [0.1, 0.15) is 11.1 Å². The molecule has 2 rings (SSSR count). The molecule has 0 aliphatic carbocycles. The van der Waals surface area contributed by atoms with Gasteiger partial charge in [-0.05, 0) is 24.3 Å². The first-order valence-electron chi connectivity index (χ1n) is 5.15. The predicted molar refractivity (Wildman–Crippen MR) is 64.4 cm³/mol. The Bertz CT molecular complexity index is 660. The van der Waals surface area contributed by atoms with E-state index in [1.807, 2.05) is 6.07 Å². The second-order valence-corrected chi connectivity index (χ2v) is 4.14. The molecule has 0 radical (unpaired) electrons. The lowest BCUT2D eigenvalue weighted by Gasteiger charge is -2.09. The van der Waals surface area contributed by atoms with Crippen molar-refractivity contribution in [2.45, 2.75) is 6.18 Å². The van der Waals surface area contributed by atoms with Gasteiger partial charge in [-0.2, -0.15) is 18.4 Å². The van der Waals surface area contributed by atoms with Crippen LogP contribution in [0.2, 0.25) is 5.15 Å². The second-order valence-electron chi connectivity index (χ2n) is 3.75. The summed E-state index contributed by atoms with van der Waals surface area (Å²) in [7, 11) is 0. The van der Waals surface area contributed by atoms with Crippen molar-refractivity contribution in [2.24, 2.45) is 0 Å². The van der Waals surface area contributed by atoms with Crippen LogP contribution in [0.4, 0.5) is 13.2 Å². The number of hydrogen-bond acceptors (Lipinski definition) is 2. The Morgan fingerprint density at radius 2 is 1.89 bits per heavy atom. The molecule has 0 bridgehead atoms. The number of halogens is 4. The van der Waals surface area contributed by atoms with Crippen LogP contribution in [0.3, 0.4) is 0 Å². The molecule has 2 aromatic rings. The van der Waals surface area contributed by atoms with Crippen LogP contribution in [0, 0.1) is 11.3 Å². The van der Waals surface area contributed by atoms with Gasteiger partial charge in [-0.25, -0.2) is 4.98 Å². The van der Waals surface area contributed by atoms with E-state index in [2.05, 4.69) is 4.98 Å². The molecule has 0 unspecified atom stereocenters.